The molecule has 5 nitrogen and oxygen atoms in total. The molecule has 0 saturated heterocycles. The molecule has 1 aromatic rings. The highest BCUT2D eigenvalue weighted by atomic mass is 79.9. The van der Waals surface area contributed by atoms with Gasteiger partial charge in [-0.1, -0.05) is 22.0 Å². The Bertz CT molecular complexity index is 582. The normalized spacial score (nSPS) is 14.5. The third kappa shape index (κ3) is 2.88. The number of carbonyl (C=O) groups is 1. The van der Waals surface area contributed by atoms with Crippen molar-refractivity contribution >= 4 is 31.7 Å². The van der Waals surface area contributed by atoms with Crippen LogP contribution in [-0.2, 0) is 19.4 Å². The summed E-state index contributed by atoms with van der Waals surface area (Å²) in [6, 6.07) is 5.84. The summed E-state index contributed by atoms with van der Waals surface area (Å²) in [7, 11) is -2.99. The summed E-state index contributed by atoms with van der Waals surface area (Å²) in [5, 5.41) is 0. The van der Waals surface area contributed by atoms with Crippen LogP contribution in [0.4, 0.5) is 0 Å². The van der Waals surface area contributed by atoms with Crippen LogP contribution in [0, 0.1) is 0 Å². The molecule has 19 heavy (non-hydrogen) atoms. The Morgan fingerprint density at radius 3 is 2.42 bits per heavy atom. The van der Waals surface area contributed by atoms with Gasteiger partial charge in [-0.2, -0.15) is 0 Å². The molecule has 0 radical (unpaired) electrons. The van der Waals surface area contributed by atoms with Crippen LogP contribution in [0.2, 0.25) is 0 Å². The van der Waals surface area contributed by atoms with E-state index >= 15 is 0 Å². The lowest BCUT2D eigenvalue weighted by atomic mass is 10.2. The lowest BCUT2D eigenvalue weighted by Gasteiger charge is -2.25. The Morgan fingerprint density at radius 2 is 2.00 bits per heavy atom. The first-order chi connectivity index (χ1) is 8.79. The summed E-state index contributed by atoms with van der Waals surface area (Å²) in [6.45, 7) is 3.42. The van der Waals surface area contributed by atoms with Crippen LogP contribution in [0.3, 0.4) is 0 Å². The quantitative estimate of drug-likeness (QED) is 0.646. The van der Waals surface area contributed by atoms with Crippen molar-refractivity contribution in [3.63, 3.8) is 0 Å². The second-order valence-electron chi connectivity index (χ2n) is 3.83. The summed E-state index contributed by atoms with van der Waals surface area (Å²) in [4.78, 5) is 9.51. The van der Waals surface area contributed by atoms with Crippen molar-refractivity contribution in [3.05, 3.63) is 41.4 Å². The summed E-state index contributed by atoms with van der Waals surface area (Å²) >= 11 is 3.20. The zero-order valence-corrected chi connectivity index (χ0v) is 12.7. The van der Waals surface area contributed by atoms with Gasteiger partial charge in [0.05, 0.1) is 12.0 Å². The number of hydrogen-bond acceptors (Lipinski definition) is 5. The van der Waals surface area contributed by atoms with Gasteiger partial charge in [-0.25, -0.2) is 13.2 Å². The lowest BCUT2D eigenvalue weighted by molar-refractivity contribution is -0.143. The number of benzene rings is 1. The van der Waals surface area contributed by atoms with Crippen LogP contribution in [0.25, 0.3) is 0 Å². The molecule has 0 amide bonds. The molecular weight excluding hydrogens is 334 g/mol. The van der Waals surface area contributed by atoms with E-state index in [1.165, 1.54) is 18.2 Å². The largest absolute Gasteiger partial charge is 0.467 e. The fourth-order valence-electron chi connectivity index (χ4n) is 1.51. The predicted molar refractivity (Wildman–Crippen MR) is 75.1 cm³/mol. The van der Waals surface area contributed by atoms with E-state index in [0.717, 1.165) is 11.6 Å². The highest BCUT2D eigenvalue weighted by Crippen LogP contribution is 2.27. The van der Waals surface area contributed by atoms with Crippen LogP contribution >= 0.6 is 15.9 Å². The summed E-state index contributed by atoms with van der Waals surface area (Å²) in [6.07, 6.45) is 1.03. The van der Waals surface area contributed by atoms with Gasteiger partial charge < -0.3 is 10.5 Å². The smallest absolute Gasteiger partial charge is 0.342 e. The van der Waals surface area contributed by atoms with E-state index in [4.69, 9.17) is 5.73 Å². The first-order valence-corrected chi connectivity index (χ1v) is 7.55. The molecule has 0 heterocycles. The predicted octanol–water partition coefficient (Wildman–Crippen LogP) is 1.63. The fraction of sp³-hybridized carbons (Fsp3) is 0.250. The van der Waals surface area contributed by atoms with Gasteiger partial charge in [0.2, 0.25) is 14.7 Å². The number of sulfone groups is 1. The Labute approximate surface area is 120 Å². The van der Waals surface area contributed by atoms with Crippen LogP contribution in [0.5, 0.6) is 0 Å². The number of hydrogen-bond donors (Lipinski definition) is 1. The second-order valence-corrected chi connectivity index (χ2v) is 6.95. The molecule has 0 aromatic heterocycles. The average Bonchev–Trinajstić information content (AvgIpc) is 2.38. The molecular formula is C12H14BrNO4S. The number of halogens is 1. The van der Waals surface area contributed by atoms with Gasteiger partial charge in [-0.05, 0) is 24.3 Å². The average molecular weight is 348 g/mol. The van der Waals surface area contributed by atoms with Crippen molar-refractivity contribution in [2.45, 2.75) is 16.2 Å². The van der Waals surface area contributed by atoms with Crippen molar-refractivity contribution in [1.29, 1.82) is 0 Å². The topological polar surface area (TPSA) is 86.5 Å². The van der Waals surface area contributed by atoms with E-state index in [0.29, 0.717) is 0 Å². The minimum absolute atomic E-state index is 0.0505. The van der Waals surface area contributed by atoms with Gasteiger partial charge >= 0.3 is 5.97 Å². The van der Waals surface area contributed by atoms with Crippen LogP contribution < -0.4 is 5.73 Å². The Kier molecular flexibility index (Phi) is 4.89. The highest BCUT2D eigenvalue weighted by molar-refractivity contribution is 9.10. The van der Waals surface area contributed by atoms with Crippen molar-refractivity contribution < 1.29 is 17.9 Å². The number of esters is 1. The third-order valence-corrected chi connectivity index (χ3v) is 5.30. The molecule has 1 rings (SSSR count). The first-order valence-electron chi connectivity index (χ1n) is 5.28. The summed E-state index contributed by atoms with van der Waals surface area (Å²) in [5.41, 5.74) is 5.76. The van der Waals surface area contributed by atoms with Crippen molar-refractivity contribution in [2.24, 2.45) is 5.73 Å². The van der Waals surface area contributed by atoms with Crippen molar-refractivity contribution in [1.82, 2.24) is 0 Å². The van der Waals surface area contributed by atoms with Crippen molar-refractivity contribution in [2.75, 3.05) is 7.11 Å². The van der Waals surface area contributed by atoms with Gasteiger partial charge in [0.1, 0.15) is 0 Å². The summed E-state index contributed by atoms with van der Waals surface area (Å²) in [5.74, 6) is -1.02. The maximum absolute atomic E-state index is 12.5. The lowest BCUT2D eigenvalue weighted by Crippen LogP contribution is -2.54. The van der Waals surface area contributed by atoms with E-state index in [2.05, 4.69) is 27.2 Å². The number of rotatable bonds is 5. The molecule has 1 aromatic carbocycles. The van der Waals surface area contributed by atoms with Crippen LogP contribution in [0.15, 0.2) is 46.3 Å². The molecule has 0 aliphatic carbocycles. The maximum atomic E-state index is 12.5. The number of carbonyl (C=O) groups excluding carboxylic acids is 1. The molecule has 2 N–H and O–H groups in total. The Hall–Kier alpha value is -1.18. The van der Waals surface area contributed by atoms with E-state index in [9.17, 15) is 13.2 Å². The zero-order valence-electron chi connectivity index (χ0n) is 10.3. The van der Waals surface area contributed by atoms with E-state index in [1.807, 2.05) is 0 Å². The molecule has 0 saturated carbocycles. The molecule has 0 bridgehead atoms. The monoisotopic (exact) mass is 347 g/mol. The Morgan fingerprint density at radius 1 is 1.47 bits per heavy atom. The van der Waals surface area contributed by atoms with Crippen LogP contribution in [0.1, 0.15) is 6.42 Å². The number of nitrogens with two attached hydrogens (primary N) is 1. The van der Waals surface area contributed by atoms with Gasteiger partial charge in [0.25, 0.3) is 0 Å². The van der Waals surface area contributed by atoms with E-state index in [1.54, 1.807) is 12.1 Å². The number of ether oxygens (including phenoxy) is 1. The molecule has 0 aliphatic rings. The van der Waals surface area contributed by atoms with Crippen molar-refractivity contribution in [3.8, 4) is 0 Å². The Balaban J connectivity index is 3.39. The minimum Gasteiger partial charge on any atom is -0.467 e. The minimum atomic E-state index is -4.08. The highest BCUT2D eigenvalue weighted by Gasteiger charge is 2.48. The number of methoxy groups -OCH3 is 1. The zero-order chi connectivity index (χ0) is 14.7. The van der Waals surface area contributed by atoms with Gasteiger partial charge in [-0.15, -0.1) is 6.58 Å². The summed E-state index contributed by atoms with van der Waals surface area (Å²) < 4.78 is 30.2. The molecule has 1 unspecified atom stereocenters. The first kappa shape index (κ1) is 15.9. The molecule has 104 valence electrons. The molecule has 1 atom stereocenters. The van der Waals surface area contributed by atoms with Gasteiger partial charge in [0, 0.05) is 10.9 Å². The standard InChI is InChI=1S/C12H14BrNO4S/c1-3-8-12(14,11(15)18-2)19(16,17)10-6-4-9(13)5-7-10/h3-7H,1,8,14H2,2H3. The van der Waals surface area contributed by atoms with E-state index < -0.39 is 20.7 Å². The third-order valence-electron chi connectivity index (χ3n) is 2.58. The van der Waals surface area contributed by atoms with Gasteiger partial charge in [-0.3, -0.25) is 0 Å². The molecule has 0 fully saturated rings. The molecule has 0 spiro atoms. The molecule has 7 heteroatoms. The second kappa shape index (κ2) is 5.85. The van der Waals surface area contributed by atoms with Gasteiger partial charge in [0.15, 0.2) is 0 Å². The van der Waals surface area contributed by atoms with Crippen LogP contribution in [-0.4, -0.2) is 26.4 Å². The SMILES string of the molecule is C=CCC(N)(C(=O)OC)S(=O)(=O)c1ccc(Br)cc1. The fourth-order valence-corrected chi connectivity index (χ4v) is 3.33. The molecule has 0 aliphatic heterocycles. The van der Waals surface area contributed by atoms with E-state index in [-0.39, 0.29) is 11.3 Å². The maximum Gasteiger partial charge on any atom is 0.342 e.